The summed E-state index contributed by atoms with van der Waals surface area (Å²) in [5.74, 6) is 1.48. The van der Waals surface area contributed by atoms with Crippen LogP contribution in [0.3, 0.4) is 0 Å². The highest BCUT2D eigenvalue weighted by Gasteiger charge is 2.25. The van der Waals surface area contributed by atoms with E-state index in [9.17, 15) is 4.79 Å². The predicted molar refractivity (Wildman–Crippen MR) is 111 cm³/mol. The van der Waals surface area contributed by atoms with E-state index in [4.69, 9.17) is 19.7 Å². The van der Waals surface area contributed by atoms with Gasteiger partial charge in [0, 0.05) is 44.6 Å². The maximum atomic E-state index is 12.0. The van der Waals surface area contributed by atoms with Crippen molar-refractivity contribution in [3.63, 3.8) is 0 Å². The number of nitrogens with zero attached hydrogens (tertiary/aromatic N) is 6. The molecular weight excluding hydrogens is 402 g/mol. The molecule has 0 radical (unpaired) electrons. The van der Waals surface area contributed by atoms with Crippen molar-refractivity contribution in [1.82, 2.24) is 25.0 Å². The molecule has 11 heteroatoms. The van der Waals surface area contributed by atoms with Gasteiger partial charge in [0.2, 0.25) is 5.95 Å². The number of hydrogen-bond acceptors (Lipinski definition) is 10. The van der Waals surface area contributed by atoms with Gasteiger partial charge in [0.1, 0.15) is 6.61 Å². The van der Waals surface area contributed by atoms with Crippen molar-refractivity contribution in [2.45, 2.75) is 58.0 Å². The third kappa shape index (κ3) is 5.47. The van der Waals surface area contributed by atoms with E-state index in [1.165, 1.54) is 0 Å². The standard InChI is InChI=1S/C20H29N7O4/c1-13(2)30-20(28)26-7-4-16(5-8-26)29-12-17-24-18(31-25-17)14-9-22-19(23-10-14)27-6-3-15(21)11-27/h9-10,13,15-16H,3-8,11-12,21H2,1-2H3. The second-order valence-electron chi connectivity index (χ2n) is 8.21. The summed E-state index contributed by atoms with van der Waals surface area (Å²) in [6, 6.07) is 0.169. The van der Waals surface area contributed by atoms with Crippen LogP contribution in [0.15, 0.2) is 16.9 Å². The van der Waals surface area contributed by atoms with Crippen molar-refractivity contribution in [2.75, 3.05) is 31.1 Å². The molecule has 4 heterocycles. The van der Waals surface area contributed by atoms with E-state index in [1.807, 2.05) is 13.8 Å². The average Bonchev–Trinajstić information content (AvgIpc) is 3.41. The zero-order valence-corrected chi connectivity index (χ0v) is 17.9. The fourth-order valence-electron chi connectivity index (χ4n) is 3.67. The Kier molecular flexibility index (Phi) is 6.62. The van der Waals surface area contributed by atoms with Crippen LogP contribution >= 0.6 is 0 Å². The van der Waals surface area contributed by atoms with Gasteiger partial charge in [0.05, 0.1) is 17.8 Å². The quantitative estimate of drug-likeness (QED) is 0.719. The number of hydrogen-bond donors (Lipinski definition) is 1. The summed E-state index contributed by atoms with van der Waals surface area (Å²) in [6.07, 6.45) is 5.44. The van der Waals surface area contributed by atoms with Crippen molar-refractivity contribution in [1.29, 1.82) is 0 Å². The summed E-state index contributed by atoms with van der Waals surface area (Å²) in [7, 11) is 0. The smallest absolute Gasteiger partial charge is 0.410 e. The van der Waals surface area contributed by atoms with Gasteiger partial charge in [-0.15, -0.1) is 0 Å². The van der Waals surface area contributed by atoms with Crippen molar-refractivity contribution in [3.05, 3.63) is 18.2 Å². The first-order valence-electron chi connectivity index (χ1n) is 10.7. The molecule has 0 saturated carbocycles. The lowest BCUT2D eigenvalue weighted by atomic mass is 10.1. The van der Waals surface area contributed by atoms with Crippen LogP contribution in [0.1, 0.15) is 38.9 Å². The highest BCUT2D eigenvalue weighted by molar-refractivity contribution is 5.67. The lowest BCUT2D eigenvalue weighted by Crippen LogP contribution is -2.41. The average molecular weight is 431 g/mol. The molecule has 1 unspecified atom stereocenters. The zero-order valence-electron chi connectivity index (χ0n) is 17.9. The fourth-order valence-corrected chi connectivity index (χ4v) is 3.67. The molecule has 0 bridgehead atoms. The summed E-state index contributed by atoms with van der Waals surface area (Å²) in [4.78, 5) is 28.9. The summed E-state index contributed by atoms with van der Waals surface area (Å²) in [5, 5.41) is 3.98. The van der Waals surface area contributed by atoms with Crippen LogP contribution < -0.4 is 10.6 Å². The molecule has 0 aliphatic carbocycles. The van der Waals surface area contributed by atoms with Gasteiger partial charge in [-0.05, 0) is 33.1 Å². The molecule has 2 fully saturated rings. The van der Waals surface area contributed by atoms with Crippen LogP contribution in [-0.4, -0.2) is 75.5 Å². The number of carbonyl (C=O) groups excluding carboxylic acids is 1. The van der Waals surface area contributed by atoms with E-state index >= 15 is 0 Å². The second kappa shape index (κ2) is 9.56. The molecule has 11 nitrogen and oxygen atoms in total. The van der Waals surface area contributed by atoms with Crippen LogP contribution in [0.4, 0.5) is 10.7 Å². The molecule has 168 valence electrons. The number of carbonyl (C=O) groups is 1. The number of aromatic nitrogens is 4. The summed E-state index contributed by atoms with van der Waals surface area (Å²) in [6.45, 7) is 6.78. The fraction of sp³-hybridized carbons (Fsp3) is 0.650. The molecule has 2 aliphatic heterocycles. The number of anilines is 1. The Hall–Kier alpha value is -2.79. The Morgan fingerprint density at radius 3 is 2.61 bits per heavy atom. The van der Waals surface area contributed by atoms with Crippen molar-refractivity contribution < 1.29 is 18.8 Å². The largest absolute Gasteiger partial charge is 0.447 e. The SMILES string of the molecule is CC(C)OC(=O)N1CCC(OCc2noc(-c3cnc(N4CCC(N)C4)nc3)n2)CC1. The van der Waals surface area contributed by atoms with E-state index in [0.717, 1.165) is 32.4 Å². The first kappa shape index (κ1) is 21.4. The van der Waals surface area contributed by atoms with Crippen LogP contribution in [0.25, 0.3) is 11.5 Å². The van der Waals surface area contributed by atoms with E-state index in [1.54, 1.807) is 17.3 Å². The maximum absolute atomic E-state index is 12.0. The van der Waals surface area contributed by atoms with Crippen molar-refractivity contribution in [3.8, 4) is 11.5 Å². The first-order valence-corrected chi connectivity index (χ1v) is 10.7. The van der Waals surface area contributed by atoms with E-state index in [2.05, 4.69) is 25.0 Å². The normalized spacial score (nSPS) is 19.9. The molecule has 2 aromatic rings. The Balaban J connectivity index is 1.25. The number of nitrogens with two attached hydrogens (primary N) is 1. The van der Waals surface area contributed by atoms with Crippen LogP contribution in [0, 0.1) is 0 Å². The molecule has 0 spiro atoms. The van der Waals surface area contributed by atoms with Gasteiger partial charge < -0.3 is 29.5 Å². The third-order valence-electron chi connectivity index (χ3n) is 5.35. The summed E-state index contributed by atoms with van der Waals surface area (Å²) in [5.41, 5.74) is 6.60. The monoisotopic (exact) mass is 431 g/mol. The molecule has 2 aromatic heterocycles. The van der Waals surface area contributed by atoms with Gasteiger partial charge in [-0.3, -0.25) is 0 Å². The highest BCUT2D eigenvalue weighted by Crippen LogP contribution is 2.21. The lowest BCUT2D eigenvalue weighted by molar-refractivity contribution is -0.00899. The van der Waals surface area contributed by atoms with Gasteiger partial charge in [0.15, 0.2) is 5.82 Å². The Labute approximate surface area is 180 Å². The van der Waals surface area contributed by atoms with Gasteiger partial charge in [-0.25, -0.2) is 14.8 Å². The number of rotatable bonds is 6. The molecular formula is C20H29N7O4. The minimum absolute atomic E-state index is 0.0412. The number of likely N-dealkylation sites (tertiary alicyclic amines) is 1. The van der Waals surface area contributed by atoms with E-state index in [-0.39, 0.29) is 30.9 Å². The van der Waals surface area contributed by atoms with Gasteiger partial charge >= 0.3 is 6.09 Å². The van der Waals surface area contributed by atoms with Gasteiger partial charge in [-0.2, -0.15) is 4.98 Å². The van der Waals surface area contributed by atoms with E-state index in [0.29, 0.717) is 36.3 Å². The molecule has 0 aromatic carbocycles. The van der Waals surface area contributed by atoms with Crippen LogP contribution in [-0.2, 0) is 16.1 Å². The van der Waals surface area contributed by atoms with E-state index < -0.39 is 0 Å². The second-order valence-corrected chi connectivity index (χ2v) is 8.21. The molecule has 2 aliphatic rings. The van der Waals surface area contributed by atoms with Crippen molar-refractivity contribution >= 4 is 12.0 Å². The Morgan fingerprint density at radius 1 is 1.23 bits per heavy atom. The minimum Gasteiger partial charge on any atom is -0.447 e. The Bertz CT molecular complexity index is 865. The number of amides is 1. The minimum atomic E-state index is -0.267. The summed E-state index contributed by atoms with van der Waals surface area (Å²) >= 11 is 0. The predicted octanol–water partition coefficient (Wildman–Crippen LogP) is 1.59. The molecule has 1 amide bonds. The molecule has 2 saturated heterocycles. The van der Waals surface area contributed by atoms with Gasteiger partial charge in [-0.1, -0.05) is 5.16 Å². The molecule has 4 rings (SSSR count). The van der Waals surface area contributed by atoms with Gasteiger partial charge in [0.25, 0.3) is 5.89 Å². The number of ether oxygens (including phenoxy) is 2. The Morgan fingerprint density at radius 2 is 1.97 bits per heavy atom. The lowest BCUT2D eigenvalue weighted by Gasteiger charge is -2.31. The van der Waals surface area contributed by atoms with Crippen LogP contribution in [0.2, 0.25) is 0 Å². The highest BCUT2D eigenvalue weighted by atomic mass is 16.6. The third-order valence-corrected chi connectivity index (χ3v) is 5.35. The zero-order chi connectivity index (χ0) is 21.8. The topological polar surface area (TPSA) is 133 Å². The molecule has 1 atom stereocenters. The summed E-state index contributed by atoms with van der Waals surface area (Å²) < 4.78 is 16.5. The van der Waals surface area contributed by atoms with Crippen LogP contribution in [0.5, 0.6) is 0 Å². The molecule has 2 N–H and O–H groups in total. The first-order chi connectivity index (χ1) is 15.0. The number of piperidine rings is 1. The molecule has 31 heavy (non-hydrogen) atoms. The van der Waals surface area contributed by atoms with Crippen molar-refractivity contribution in [2.24, 2.45) is 5.73 Å². The maximum Gasteiger partial charge on any atom is 0.410 e.